The van der Waals surface area contributed by atoms with Gasteiger partial charge in [0.15, 0.2) is 5.82 Å². The zero-order valence-corrected chi connectivity index (χ0v) is 19.5. The van der Waals surface area contributed by atoms with E-state index in [0.29, 0.717) is 17.9 Å². The number of halogens is 1. The number of anilines is 1. The highest BCUT2D eigenvalue weighted by Gasteiger charge is 2.32. The van der Waals surface area contributed by atoms with Gasteiger partial charge in [0.25, 0.3) is 0 Å². The Kier molecular flexibility index (Phi) is 6.77. The van der Waals surface area contributed by atoms with E-state index in [1.54, 1.807) is 0 Å². The van der Waals surface area contributed by atoms with Gasteiger partial charge in [0.1, 0.15) is 5.82 Å². The van der Waals surface area contributed by atoms with Gasteiger partial charge in [-0.2, -0.15) is 0 Å². The summed E-state index contributed by atoms with van der Waals surface area (Å²) in [4.78, 5) is 29.6. The maximum absolute atomic E-state index is 13.2. The molecule has 1 unspecified atom stereocenters. The number of carbonyl (C=O) groups excluding carboxylic acids is 1. The Hall–Kier alpha value is -2.18. The largest absolute Gasteiger partial charge is 0.362 e. The van der Waals surface area contributed by atoms with Crippen molar-refractivity contribution in [2.24, 2.45) is 0 Å². The number of hydrogen-bond acceptors (Lipinski definition) is 5. The molecule has 0 saturated carbocycles. The molecular formula is C24H32ClN5O. The zero-order chi connectivity index (χ0) is 22.0. The number of carbonyl (C=O) groups is 1. The van der Waals surface area contributed by atoms with E-state index in [-0.39, 0.29) is 11.9 Å². The average molecular weight is 442 g/mol. The SMILES string of the molecule is CN1CCc2nc(C3CCCCN3C(=O)CCc3cccc(Cl)c3)nc(N(C)C)c2C1. The molecule has 0 aliphatic carbocycles. The number of rotatable bonds is 5. The van der Waals surface area contributed by atoms with Gasteiger partial charge in [-0.05, 0) is 50.4 Å². The molecule has 2 aromatic rings. The summed E-state index contributed by atoms with van der Waals surface area (Å²) in [5.74, 6) is 1.98. The van der Waals surface area contributed by atoms with Gasteiger partial charge < -0.3 is 14.7 Å². The van der Waals surface area contributed by atoms with E-state index in [0.717, 1.165) is 68.2 Å². The summed E-state index contributed by atoms with van der Waals surface area (Å²) in [6.07, 6.45) is 5.17. The lowest BCUT2D eigenvalue weighted by Crippen LogP contribution is -2.40. The lowest BCUT2D eigenvalue weighted by molar-refractivity contribution is -0.135. The van der Waals surface area contributed by atoms with Crippen molar-refractivity contribution in [3.63, 3.8) is 0 Å². The minimum absolute atomic E-state index is 0.0377. The molecule has 1 fully saturated rings. The van der Waals surface area contributed by atoms with Crippen LogP contribution in [0.2, 0.25) is 5.02 Å². The maximum Gasteiger partial charge on any atom is 0.223 e. The Morgan fingerprint density at radius 1 is 1.23 bits per heavy atom. The number of nitrogens with zero attached hydrogens (tertiary/aromatic N) is 5. The third kappa shape index (κ3) is 5.01. The zero-order valence-electron chi connectivity index (χ0n) is 18.8. The van der Waals surface area contributed by atoms with Crippen LogP contribution in [0.3, 0.4) is 0 Å². The van der Waals surface area contributed by atoms with Crippen LogP contribution < -0.4 is 4.90 Å². The molecule has 1 atom stereocenters. The average Bonchev–Trinajstić information content (AvgIpc) is 2.76. The quantitative estimate of drug-likeness (QED) is 0.705. The van der Waals surface area contributed by atoms with E-state index >= 15 is 0 Å². The van der Waals surface area contributed by atoms with Gasteiger partial charge in [-0.1, -0.05) is 23.7 Å². The standard InChI is InChI=1S/C24H32ClN5O/c1-28(2)24-19-16-29(3)14-12-20(19)26-23(27-24)21-9-4-5-13-30(21)22(31)11-10-17-7-6-8-18(25)15-17/h6-8,15,21H,4-5,9-14,16H2,1-3H3. The number of likely N-dealkylation sites (tertiary alicyclic amines) is 1. The minimum atomic E-state index is -0.0377. The monoisotopic (exact) mass is 441 g/mol. The van der Waals surface area contributed by atoms with Crippen molar-refractivity contribution in [1.82, 2.24) is 19.8 Å². The summed E-state index contributed by atoms with van der Waals surface area (Å²) in [6, 6.07) is 7.73. The van der Waals surface area contributed by atoms with E-state index in [9.17, 15) is 4.79 Å². The van der Waals surface area contributed by atoms with E-state index in [1.165, 1.54) is 5.56 Å². The van der Waals surface area contributed by atoms with E-state index in [4.69, 9.17) is 21.6 Å². The highest BCUT2D eigenvalue weighted by Crippen LogP contribution is 2.33. The molecule has 6 nitrogen and oxygen atoms in total. The smallest absolute Gasteiger partial charge is 0.223 e. The first-order valence-electron chi connectivity index (χ1n) is 11.2. The van der Waals surface area contributed by atoms with Crippen molar-refractivity contribution in [1.29, 1.82) is 0 Å². The Balaban J connectivity index is 1.57. The highest BCUT2D eigenvalue weighted by atomic mass is 35.5. The normalized spacial score (nSPS) is 19.2. The lowest BCUT2D eigenvalue weighted by atomic mass is 9.99. The fourth-order valence-corrected chi connectivity index (χ4v) is 4.87. The van der Waals surface area contributed by atoms with Crippen LogP contribution in [-0.2, 0) is 24.2 Å². The van der Waals surface area contributed by atoms with E-state index < -0.39 is 0 Å². The number of fused-ring (bicyclic) bond motifs is 1. The van der Waals surface area contributed by atoms with Gasteiger partial charge in [0.2, 0.25) is 5.91 Å². The van der Waals surface area contributed by atoms with Crippen molar-refractivity contribution >= 4 is 23.3 Å². The molecule has 7 heteroatoms. The Labute approximate surface area is 190 Å². The molecule has 1 saturated heterocycles. The molecule has 3 heterocycles. The van der Waals surface area contributed by atoms with Crippen LogP contribution in [0.25, 0.3) is 0 Å². The molecule has 1 aromatic heterocycles. The third-order valence-corrected chi connectivity index (χ3v) is 6.54. The Bertz CT molecular complexity index is 948. The second-order valence-electron chi connectivity index (χ2n) is 8.94. The summed E-state index contributed by atoms with van der Waals surface area (Å²) in [5.41, 5.74) is 3.46. The minimum Gasteiger partial charge on any atom is -0.362 e. The first kappa shape index (κ1) is 22.0. The molecule has 0 bridgehead atoms. The summed E-state index contributed by atoms with van der Waals surface area (Å²) in [5, 5.41) is 0.713. The number of benzene rings is 1. The highest BCUT2D eigenvalue weighted by molar-refractivity contribution is 6.30. The summed E-state index contributed by atoms with van der Waals surface area (Å²) >= 11 is 6.10. The van der Waals surface area contributed by atoms with Crippen LogP contribution >= 0.6 is 11.6 Å². The summed E-state index contributed by atoms with van der Waals surface area (Å²) < 4.78 is 0. The van der Waals surface area contributed by atoms with Crippen LogP contribution in [0.1, 0.15) is 54.4 Å². The van der Waals surface area contributed by atoms with Gasteiger partial charge in [-0.25, -0.2) is 9.97 Å². The van der Waals surface area contributed by atoms with Gasteiger partial charge >= 0.3 is 0 Å². The molecule has 166 valence electrons. The third-order valence-electron chi connectivity index (χ3n) is 6.31. The van der Waals surface area contributed by atoms with E-state index in [1.807, 2.05) is 43.3 Å². The second-order valence-corrected chi connectivity index (χ2v) is 9.38. The van der Waals surface area contributed by atoms with Crippen LogP contribution in [-0.4, -0.2) is 59.9 Å². The Morgan fingerprint density at radius 3 is 2.84 bits per heavy atom. The molecule has 2 aliphatic heterocycles. The number of likely N-dealkylation sites (N-methyl/N-ethyl adjacent to an activating group) is 1. The molecule has 4 rings (SSSR count). The molecular weight excluding hydrogens is 410 g/mol. The van der Waals surface area contributed by atoms with Crippen LogP contribution in [0.15, 0.2) is 24.3 Å². The van der Waals surface area contributed by atoms with Crippen LogP contribution in [0.5, 0.6) is 0 Å². The number of amides is 1. The van der Waals surface area contributed by atoms with Crippen molar-refractivity contribution in [3.05, 3.63) is 51.9 Å². The Morgan fingerprint density at radius 2 is 2.06 bits per heavy atom. The van der Waals surface area contributed by atoms with E-state index in [2.05, 4.69) is 16.8 Å². The number of hydrogen-bond donors (Lipinski definition) is 0. The predicted molar refractivity (Wildman–Crippen MR) is 124 cm³/mol. The van der Waals surface area contributed by atoms with Gasteiger partial charge in [0.05, 0.1) is 11.7 Å². The van der Waals surface area contributed by atoms with Gasteiger partial charge in [-0.15, -0.1) is 0 Å². The van der Waals surface area contributed by atoms with Gasteiger partial charge in [-0.3, -0.25) is 4.79 Å². The van der Waals surface area contributed by atoms with Gasteiger partial charge in [0, 0.05) is 57.2 Å². The molecule has 0 radical (unpaired) electrons. The number of aromatic nitrogens is 2. The van der Waals surface area contributed by atoms with Crippen LogP contribution in [0.4, 0.5) is 5.82 Å². The topological polar surface area (TPSA) is 52.6 Å². The lowest BCUT2D eigenvalue weighted by Gasteiger charge is -2.36. The fourth-order valence-electron chi connectivity index (χ4n) is 4.66. The summed E-state index contributed by atoms with van der Waals surface area (Å²) in [7, 11) is 6.21. The van der Waals surface area contributed by atoms with Crippen LogP contribution in [0, 0.1) is 0 Å². The van der Waals surface area contributed by atoms with Crippen molar-refractivity contribution in [3.8, 4) is 0 Å². The molecule has 2 aliphatic rings. The van der Waals surface area contributed by atoms with Crippen molar-refractivity contribution in [2.75, 3.05) is 39.1 Å². The molecule has 1 aromatic carbocycles. The number of aryl methyl sites for hydroxylation is 1. The molecule has 1 amide bonds. The molecule has 0 N–H and O–H groups in total. The predicted octanol–water partition coefficient (Wildman–Crippen LogP) is 3.87. The molecule has 31 heavy (non-hydrogen) atoms. The first-order valence-corrected chi connectivity index (χ1v) is 11.6. The van der Waals surface area contributed by atoms with Crippen molar-refractivity contribution < 1.29 is 4.79 Å². The number of piperidine rings is 1. The summed E-state index contributed by atoms with van der Waals surface area (Å²) in [6.45, 7) is 2.65. The molecule has 0 spiro atoms. The second kappa shape index (κ2) is 9.53. The fraction of sp³-hybridized carbons (Fsp3) is 0.542. The van der Waals surface area contributed by atoms with Crippen molar-refractivity contribution in [2.45, 2.75) is 51.1 Å². The maximum atomic E-state index is 13.2. The first-order chi connectivity index (χ1) is 14.9.